The van der Waals surface area contributed by atoms with Gasteiger partial charge in [0.05, 0.1) is 0 Å². The Morgan fingerprint density at radius 3 is 2.28 bits per heavy atom. The van der Waals surface area contributed by atoms with Crippen molar-refractivity contribution in [2.45, 2.75) is 43.7 Å². The van der Waals surface area contributed by atoms with Gasteiger partial charge in [0.25, 0.3) is 0 Å². The van der Waals surface area contributed by atoms with Gasteiger partial charge in [0.2, 0.25) is 6.29 Å². The molecule has 0 saturated carbocycles. The quantitative estimate of drug-likeness (QED) is 0.196. The lowest BCUT2D eigenvalue weighted by Gasteiger charge is -2.40. The van der Waals surface area contributed by atoms with Crippen LogP contribution in [-0.2, 0) is 23.7 Å². The van der Waals surface area contributed by atoms with Gasteiger partial charge in [0.15, 0.2) is 28.8 Å². The highest BCUT2D eigenvalue weighted by molar-refractivity contribution is 5.72. The fourth-order valence-corrected chi connectivity index (χ4v) is 3.82. The lowest BCUT2D eigenvalue weighted by molar-refractivity contribution is -0.291. The molecule has 2 aliphatic heterocycles. The Morgan fingerprint density at radius 1 is 0.972 bits per heavy atom. The smallest absolute Gasteiger partial charge is 0.302 e. The number of phenolic OH excluding ortho intramolecular Hbond substituents is 3. The first kappa shape index (κ1) is 25.2. The topological polar surface area (TPSA) is 216 Å². The molecule has 194 valence electrons. The number of hydrogen-bond donors (Lipinski definition) is 8. The van der Waals surface area contributed by atoms with E-state index in [0.717, 1.165) is 25.1 Å². The number of hydrogen-bond acceptors (Lipinski definition) is 13. The van der Waals surface area contributed by atoms with Gasteiger partial charge in [-0.1, -0.05) is 0 Å². The van der Waals surface area contributed by atoms with E-state index in [-0.39, 0.29) is 34.2 Å². The Morgan fingerprint density at radius 2 is 1.64 bits per heavy atom. The molecule has 13 nitrogen and oxygen atoms in total. The number of carbonyl (C=O) groups excluding carboxylic acids is 1. The second kappa shape index (κ2) is 9.62. The van der Waals surface area contributed by atoms with Crippen LogP contribution < -0.4 is 0 Å². The monoisotopic (exact) mass is 508 g/mol. The number of allylic oxidation sites excluding steroid dienone is 2. The standard InChI is InChI=1S/C23H24O13/c1-8(24)33-7-17-19(30)20(31)21(32)23(36-17)35-16-6-11-12(26)4-10(25)5-15(11)34-22(16)9-2-13(27)18(29)14(28)3-9/h2-6,15,17,19-21,23,25-32H,7H2,1H3/t15?,17-,19-,20+,21-,23-/m1/s1. The minimum atomic E-state index is -1.79. The Labute approximate surface area is 203 Å². The molecule has 8 N–H and O–H groups in total. The summed E-state index contributed by atoms with van der Waals surface area (Å²) in [6.45, 7) is 0.672. The van der Waals surface area contributed by atoms with E-state index in [2.05, 4.69) is 0 Å². The van der Waals surface area contributed by atoms with E-state index < -0.39 is 66.6 Å². The molecule has 36 heavy (non-hydrogen) atoms. The fourth-order valence-electron chi connectivity index (χ4n) is 3.82. The maximum absolute atomic E-state index is 11.2. The summed E-state index contributed by atoms with van der Waals surface area (Å²) in [5.41, 5.74) is 0.110. The van der Waals surface area contributed by atoms with Gasteiger partial charge in [-0.2, -0.15) is 0 Å². The lowest BCUT2D eigenvalue weighted by Crippen LogP contribution is -2.59. The third-order valence-corrected chi connectivity index (χ3v) is 5.66. The number of ether oxygens (including phenoxy) is 4. The van der Waals surface area contributed by atoms with E-state index in [0.29, 0.717) is 0 Å². The zero-order valence-corrected chi connectivity index (χ0v) is 18.7. The van der Waals surface area contributed by atoms with Crippen molar-refractivity contribution in [3.05, 3.63) is 58.8 Å². The first-order valence-electron chi connectivity index (χ1n) is 10.7. The van der Waals surface area contributed by atoms with Gasteiger partial charge in [0.1, 0.15) is 48.6 Å². The van der Waals surface area contributed by atoms with Crippen molar-refractivity contribution in [3.63, 3.8) is 0 Å². The van der Waals surface area contributed by atoms with E-state index in [1.165, 1.54) is 12.2 Å². The number of carbonyl (C=O) groups is 1. The second-order valence-electron chi connectivity index (χ2n) is 8.25. The van der Waals surface area contributed by atoms with Crippen LogP contribution in [0, 0.1) is 0 Å². The summed E-state index contributed by atoms with van der Waals surface area (Å²) in [6.07, 6.45) is -5.56. The van der Waals surface area contributed by atoms with E-state index in [1.807, 2.05) is 0 Å². The van der Waals surface area contributed by atoms with Crippen LogP contribution in [0.3, 0.4) is 0 Å². The van der Waals surface area contributed by atoms with Crippen molar-refractivity contribution < 1.29 is 64.6 Å². The van der Waals surface area contributed by atoms with E-state index >= 15 is 0 Å². The molecule has 1 fully saturated rings. The van der Waals surface area contributed by atoms with Crippen LogP contribution >= 0.6 is 0 Å². The first-order valence-corrected chi connectivity index (χ1v) is 10.7. The van der Waals surface area contributed by atoms with Gasteiger partial charge in [0, 0.05) is 30.2 Å². The number of aromatic hydroxyl groups is 3. The van der Waals surface area contributed by atoms with E-state index in [9.17, 15) is 45.6 Å². The maximum Gasteiger partial charge on any atom is 0.302 e. The molecule has 1 aliphatic carbocycles. The molecule has 1 saturated heterocycles. The van der Waals surface area contributed by atoms with Crippen LogP contribution in [-0.4, -0.2) is 90.2 Å². The highest BCUT2D eigenvalue weighted by Crippen LogP contribution is 2.42. The predicted octanol–water partition coefficient (Wildman–Crippen LogP) is 0.0819. The fraction of sp³-hybridized carbons (Fsp3) is 0.348. The van der Waals surface area contributed by atoms with Crippen molar-refractivity contribution in [1.82, 2.24) is 0 Å². The van der Waals surface area contributed by atoms with Crippen molar-refractivity contribution >= 4 is 11.7 Å². The molecule has 0 amide bonds. The van der Waals surface area contributed by atoms with Gasteiger partial charge < -0.3 is 59.8 Å². The van der Waals surface area contributed by atoms with E-state index in [4.69, 9.17) is 18.9 Å². The summed E-state index contributed by atoms with van der Waals surface area (Å²) in [7, 11) is 0. The van der Waals surface area contributed by atoms with Crippen LogP contribution in [0.4, 0.5) is 0 Å². The largest absolute Gasteiger partial charge is 0.508 e. The molecule has 3 aliphatic rings. The average molecular weight is 508 g/mol. The molecule has 1 unspecified atom stereocenters. The summed E-state index contributed by atoms with van der Waals surface area (Å²) < 4.78 is 21.9. The average Bonchev–Trinajstić information content (AvgIpc) is 2.81. The summed E-state index contributed by atoms with van der Waals surface area (Å²) in [6, 6.07) is 2.07. The van der Waals surface area contributed by atoms with E-state index in [1.54, 1.807) is 0 Å². The highest BCUT2D eigenvalue weighted by Gasteiger charge is 2.46. The van der Waals surface area contributed by atoms with Crippen molar-refractivity contribution in [2.75, 3.05) is 6.61 Å². The first-order chi connectivity index (χ1) is 17.0. The number of aliphatic hydroxyl groups excluding tert-OH is 5. The summed E-state index contributed by atoms with van der Waals surface area (Å²) in [5, 5.41) is 80.7. The molecule has 1 aromatic carbocycles. The van der Waals surface area contributed by atoms with Crippen molar-refractivity contribution in [3.8, 4) is 17.2 Å². The Kier molecular flexibility index (Phi) is 6.73. The Hall–Kier alpha value is -3.91. The molecule has 0 spiro atoms. The number of esters is 1. The van der Waals surface area contributed by atoms with Crippen LogP contribution in [0.2, 0.25) is 0 Å². The summed E-state index contributed by atoms with van der Waals surface area (Å²) in [4.78, 5) is 11.2. The minimum Gasteiger partial charge on any atom is -0.508 e. The van der Waals surface area contributed by atoms with Crippen LogP contribution in [0.1, 0.15) is 12.5 Å². The van der Waals surface area contributed by atoms with Gasteiger partial charge in [-0.3, -0.25) is 4.79 Å². The number of aliphatic hydroxyl groups is 5. The third kappa shape index (κ3) is 4.77. The third-order valence-electron chi connectivity index (χ3n) is 5.66. The van der Waals surface area contributed by atoms with Crippen molar-refractivity contribution in [2.24, 2.45) is 0 Å². The molecule has 0 bridgehead atoms. The minimum absolute atomic E-state index is 0.0163. The predicted molar refractivity (Wildman–Crippen MR) is 117 cm³/mol. The number of fused-ring (bicyclic) bond motifs is 1. The molecule has 0 aromatic heterocycles. The maximum atomic E-state index is 11.2. The Balaban J connectivity index is 1.74. The molecule has 13 heteroatoms. The molecular weight excluding hydrogens is 484 g/mol. The zero-order valence-electron chi connectivity index (χ0n) is 18.7. The molecule has 0 radical (unpaired) electrons. The SMILES string of the molecule is CC(=O)OC[C@H]1O[C@@H](OC2=C(c3cc(O)c(O)c(O)c3)OC3C=C(O)C=C(O)C3=C2)[C@H](O)[C@@H](O)[C@@H]1O. The number of benzene rings is 1. The van der Waals surface area contributed by atoms with Crippen molar-refractivity contribution in [1.29, 1.82) is 0 Å². The van der Waals surface area contributed by atoms with Crippen LogP contribution in [0.25, 0.3) is 5.76 Å². The molecule has 4 rings (SSSR count). The molecular formula is C23H24O13. The zero-order chi connectivity index (χ0) is 26.3. The highest BCUT2D eigenvalue weighted by atomic mass is 16.7. The Bertz CT molecular complexity index is 1160. The van der Waals surface area contributed by atoms with Gasteiger partial charge in [-0.05, 0) is 18.2 Å². The second-order valence-corrected chi connectivity index (χ2v) is 8.25. The van der Waals surface area contributed by atoms with Crippen LogP contribution in [0.15, 0.2) is 53.2 Å². The number of phenols is 3. The van der Waals surface area contributed by atoms with Gasteiger partial charge >= 0.3 is 5.97 Å². The van der Waals surface area contributed by atoms with Crippen LogP contribution in [0.5, 0.6) is 17.2 Å². The normalized spacial score (nSPS) is 29.8. The number of rotatable bonds is 5. The van der Waals surface area contributed by atoms with Gasteiger partial charge in [-0.25, -0.2) is 0 Å². The van der Waals surface area contributed by atoms with Gasteiger partial charge in [-0.15, -0.1) is 0 Å². The molecule has 6 atom stereocenters. The lowest BCUT2D eigenvalue weighted by atomic mass is 9.96. The summed E-state index contributed by atoms with van der Waals surface area (Å²) in [5.74, 6) is -3.94. The summed E-state index contributed by atoms with van der Waals surface area (Å²) >= 11 is 0. The molecule has 1 aromatic rings. The molecule has 2 heterocycles.